The van der Waals surface area contributed by atoms with E-state index >= 15 is 0 Å². The summed E-state index contributed by atoms with van der Waals surface area (Å²) in [4.78, 5) is 10.3. The van der Waals surface area contributed by atoms with Gasteiger partial charge in [-0.15, -0.1) is 0 Å². The van der Waals surface area contributed by atoms with Crippen molar-refractivity contribution in [2.75, 3.05) is 5.32 Å². The number of aromatic nitrogens is 1. The van der Waals surface area contributed by atoms with Crippen molar-refractivity contribution in [1.29, 1.82) is 0 Å². The Balaban J connectivity index is 0. The van der Waals surface area contributed by atoms with E-state index in [1.54, 1.807) is 6.07 Å². The van der Waals surface area contributed by atoms with Crippen LogP contribution in [0.2, 0.25) is 0 Å². The number of carbonyl (C=O) groups is 1. The maximum absolute atomic E-state index is 10.3. The van der Waals surface area contributed by atoms with Crippen molar-refractivity contribution < 1.29 is 9.32 Å². The number of carbonyl (C=O) groups excluding carboxylic acids is 1. The molecule has 1 heterocycles. The highest BCUT2D eigenvalue weighted by Gasteiger charge is 1.94. The van der Waals surface area contributed by atoms with Gasteiger partial charge in [-0.1, -0.05) is 32.9 Å². The summed E-state index contributed by atoms with van der Waals surface area (Å²) in [5.41, 5.74) is 0. The molecule has 4 heteroatoms. The van der Waals surface area contributed by atoms with Gasteiger partial charge in [0, 0.05) is 13.0 Å². The standard InChI is InChI=1S/C5H6N2O2.2C2H6/c1-4(8)6-5-2-3-9-7-5;2*1-2/h2-3H,1H3,(H,6,7,8);2*1-2H3. The summed E-state index contributed by atoms with van der Waals surface area (Å²) < 4.78 is 4.45. The van der Waals surface area contributed by atoms with Gasteiger partial charge in [0.2, 0.25) is 5.91 Å². The molecule has 0 aliphatic carbocycles. The first-order valence-corrected chi connectivity index (χ1v) is 4.47. The summed E-state index contributed by atoms with van der Waals surface area (Å²) >= 11 is 0. The van der Waals surface area contributed by atoms with Crippen LogP contribution < -0.4 is 5.32 Å². The topological polar surface area (TPSA) is 55.1 Å². The SMILES string of the molecule is CC.CC.CC(=O)Nc1ccon1. The minimum Gasteiger partial charge on any atom is -0.363 e. The Morgan fingerprint density at radius 2 is 1.92 bits per heavy atom. The normalized spacial score (nSPS) is 7.15. The Hall–Kier alpha value is -1.32. The Morgan fingerprint density at radius 3 is 2.23 bits per heavy atom. The number of hydrogen-bond acceptors (Lipinski definition) is 3. The maximum Gasteiger partial charge on any atom is 0.222 e. The van der Waals surface area contributed by atoms with Crippen LogP contribution in [0.1, 0.15) is 34.6 Å². The molecular formula is C9H18N2O2. The van der Waals surface area contributed by atoms with E-state index < -0.39 is 0 Å². The van der Waals surface area contributed by atoms with Crippen molar-refractivity contribution in [2.45, 2.75) is 34.6 Å². The molecule has 0 aromatic carbocycles. The first-order chi connectivity index (χ1) is 6.29. The van der Waals surface area contributed by atoms with Gasteiger partial charge in [-0.05, 0) is 0 Å². The van der Waals surface area contributed by atoms with E-state index in [1.165, 1.54) is 13.2 Å². The quantitative estimate of drug-likeness (QED) is 0.733. The van der Waals surface area contributed by atoms with Crippen LogP contribution in [0, 0.1) is 0 Å². The second-order valence-corrected chi connectivity index (χ2v) is 1.57. The van der Waals surface area contributed by atoms with Crippen LogP contribution in [0.25, 0.3) is 0 Å². The second-order valence-electron chi connectivity index (χ2n) is 1.57. The zero-order valence-electron chi connectivity index (χ0n) is 8.92. The molecule has 0 fully saturated rings. The predicted octanol–water partition coefficient (Wildman–Crippen LogP) is 2.69. The van der Waals surface area contributed by atoms with E-state index in [2.05, 4.69) is 15.0 Å². The number of rotatable bonds is 1. The third kappa shape index (κ3) is 8.59. The lowest BCUT2D eigenvalue weighted by Gasteiger charge is -1.89. The van der Waals surface area contributed by atoms with Gasteiger partial charge in [0.1, 0.15) is 6.26 Å². The second kappa shape index (κ2) is 10.7. The van der Waals surface area contributed by atoms with Gasteiger partial charge < -0.3 is 9.84 Å². The molecule has 0 aliphatic rings. The molecule has 1 rings (SSSR count). The van der Waals surface area contributed by atoms with Gasteiger partial charge in [-0.3, -0.25) is 4.79 Å². The van der Waals surface area contributed by atoms with E-state index in [9.17, 15) is 4.79 Å². The summed E-state index contributed by atoms with van der Waals surface area (Å²) in [7, 11) is 0. The zero-order valence-corrected chi connectivity index (χ0v) is 8.92. The van der Waals surface area contributed by atoms with Gasteiger partial charge in [0.25, 0.3) is 0 Å². The molecule has 0 saturated heterocycles. The lowest BCUT2D eigenvalue weighted by Crippen LogP contribution is -2.05. The minimum absolute atomic E-state index is 0.149. The predicted molar refractivity (Wildman–Crippen MR) is 53.5 cm³/mol. The van der Waals surface area contributed by atoms with Crippen LogP contribution >= 0.6 is 0 Å². The van der Waals surface area contributed by atoms with Crippen molar-refractivity contribution in [2.24, 2.45) is 0 Å². The monoisotopic (exact) mass is 186 g/mol. The summed E-state index contributed by atoms with van der Waals surface area (Å²) in [5, 5.41) is 5.89. The number of amides is 1. The zero-order chi connectivity index (χ0) is 10.7. The highest BCUT2D eigenvalue weighted by atomic mass is 16.5. The maximum atomic E-state index is 10.3. The van der Waals surface area contributed by atoms with E-state index in [0.29, 0.717) is 5.82 Å². The Labute approximate surface area is 79.3 Å². The molecule has 0 aliphatic heterocycles. The third-order valence-electron chi connectivity index (χ3n) is 0.742. The van der Waals surface area contributed by atoms with E-state index in [4.69, 9.17) is 0 Å². The number of anilines is 1. The average Bonchev–Trinajstić information content (AvgIpc) is 2.63. The number of nitrogens with one attached hydrogen (secondary N) is 1. The average molecular weight is 186 g/mol. The molecule has 0 radical (unpaired) electrons. The first-order valence-electron chi connectivity index (χ1n) is 4.47. The molecule has 1 amide bonds. The van der Waals surface area contributed by atoms with Crippen LogP contribution in [0.5, 0.6) is 0 Å². The van der Waals surface area contributed by atoms with Crippen molar-refractivity contribution in [3.05, 3.63) is 12.3 Å². The largest absolute Gasteiger partial charge is 0.363 e. The van der Waals surface area contributed by atoms with E-state index in [1.807, 2.05) is 27.7 Å². The first kappa shape index (κ1) is 14.2. The van der Waals surface area contributed by atoms with Gasteiger partial charge in [-0.2, -0.15) is 0 Å². The lowest BCUT2D eigenvalue weighted by atomic mass is 10.6. The van der Waals surface area contributed by atoms with Crippen molar-refractivity contribution in [3.63, 3.8) is 0 Å². The van der Waals surface area contributed by atoms with Crippen LogP contribution in [0.15, 0.2) is 16.9 Å². The molecule has 1 aromatic rings. The fraction of sp³-hybridized carbons (Fsp3) is 0.556. The molecule has 76 valence electrons. The summed E-state index contributed by atoms with van der Waals surface area (Å²) in [6.45, 7) is 9.41. The van der Waals surface area contributed by atoms with E-state index in [0.717, 1.165) is 0 Å². The third-order valence-corrected chi connectivity index (χ3v) is 0.742. The van der Waals surface area contributed by atoms with Gasteiger partial charge >= 0.3 is 0 Å². The van der Waals surface area contributed by atoms with Gasteiger partial charge in [-0.25, -0.2) is 0 Å². The van der Waals surface area contributed by atoms with E-state index in [-0.39, 0.29) is 5.91 Å². The fourth-order valence-electron chi connectivity index (χ4n) is 0.457. The molecule has 0 saturated carbocycles. The van der Waals surface area contributed by atoms with Crippen LogP contribution in [-0.4, -0.2) is 11.1 Å². The Morgan fingerprint density at radius 1 is 1.38 bits per heavy atom. The van der Waals surface area contributed by atoms with Crippen molar-refractivity contribution >= 4 is 11.7 Å². The smallest absolute Gasteiger partial charge is 0.222 e. The molecule has 0 unspecified atom stereocenters. The summed E-state index contributed by atoms with van der Waals surface area (Å²) in [6, 6.07) is 1.57. The Bertz CT molecular complexity index is 195. The van der Waals surface area contributed by atoms with Gasteiger partial charge in [0.15, 0.2) is 5.82 Å². The summed E-state index contributed by atoms with van der Waals surface area (Å²) in [5.74, 6) is 0.298. The molecule has 13 heavy (non-hydrogen) atoms. The molecule has 1 N–H and O–H groups in total. The van der Waals surface area contributed by atoms with Crippen LogP contribution in [-0.2, 0) is 4.79 Å². The molecule has 0 bridgehead atoms. The van der Waals surface area contributed by atoms with Crippen molar-refractivity contribution in [3.8, 4) is 0 Å². The molecule has 4 nitrogen and oxygen atoms in total. The highest BCUT2D eigenvalue weighted by Crippen LogP contribution is 1.99. The number of nitrogens with zero attached hydrogens (tertiary/aromatic N) is 1. The molecule has 0 atom stereocenters. The lowest BCUT2D eigenvalue weighted by molar-refractivity contribution is -0.114. The van der Waals surface area contributed by atoms with Crippen molar-refractivity contribution in [1.82, 2.24) is 5.16 Å². The highest BCUT2D eigenvalue weighted by molar-refractivity contribution is 5.87. The van der Waals surface area contributed by atoms with Gasteiger partial charge in [0.05, 0.1) is 0 Å². The Kier molecular flexibility index (Phi) is 11.7. The number of hydrogen-bond donors (Lipinski definition) is 1. The van der Waals surface area contributed by atoms with Crippen LogP contribution in [0.4, 0.5) is 5.82 Å². The minimum atomic E-state index is -0.149. The summed E-state index contributed by atoms with van der Waals surface area (Å²) in [6.07, 6.45) is 1.39. The fourth-order valence-corrected chi connectivity index (χ4v) is 0.457. The molecule has 0 spiro atoms. The van der Waals surface area contributed by atoms with Crippen LogP contribution in [0.3, 0.4) is 0 Å². The molecule has 1 aromatic heterocycles. The molecular weight excluding hydrogens is 168 g/mol.